The number of urea groups is 1. The van der Waals surface area contributed by atoms with Gasteiger partial charge >= 0.3 is 6.03 Å². The van der Waals surface area contributed by atoms with Gasteiger partial charge in [-0.05, 0) is 37.5 Å². The van der Waals surface area contributed by atoms with Crippen LogP contribution in [-0.4, -0.2) is 22.6 Å². The molecule has 1 aliphatic heterocycles. The van der Waals surface area contributed by atoms with Crippen molar-refractivity contribution in [3.63, 3.8) is 0 Å². The van der Waals surface area contributed by atoms with Crippen LogP contribution in [0.3, 0.4) is 0 Å². The fourth-order valence-corrected chi connectivity index (χ4v) is 3.30. The van der Waals surface area contributed by atoms with Gasteiger partial charge in [0.1, 0.15) is 11.6 Å². The normalized spacial score (nSPS) is 17.3. The maximum atomic E-state index is 12.9. The Labute approximate surface area is 140 Å². The molecule has 1 aromatic heterocycles. The van der Waals surface area contributed by atoms with Gasteiger partial charge in [0.05, 0.1) is 11.7 Å². The molecule has 128 valence electrons. The number of rotatable bonds is 4. The van der Waals surface area contributed by atoms with Gasteiger partial charge in [0, 0.05) is 25.1 Å². The molecule has 24 heavy (non-hydrogen) atoms. The van der Waals surface area contributed by atoms with Gasteiger partial charge in [-0.15, -0.1) is 0 Å². The molecule has 1 aromatic carbocycles. The number of likely N-dealkylation sites (tertiary alicyclic amines) is 1. The molecule has 0 radical (unpaired) electrons. The van der Waals surface area contributed by atoms with E-state index in [2.05, 4.69) is 10.5 Å². The minimum Gasteiger partial charge on any atom is -0.361 e. The van der Waals surface area contributed by atoms with Crippen LogP contribution in [0.2, 0.25) is 0 Å². The van der Waals surface area contributed by atoms with Crippen molar-refractivity contribution in [1.29, 1.82) is 0 Å². The zero-order valence-electron chi connectivity index (χ0n) is 14.0. The summed E-state index contributed by atoms with van der Waals surface area (Å²) in [5, 5.41) is 6.98. The van der Waals surface area contributed by atoms with Crippen LogP contribution >= 0.6 is 0 Å². The van der Waals surface area contributed by atoms with E-state index in [1.54, 1.807) is 12.1 Å². The Bertz CT molecular complexity index is 712. The predicted molar refractivity (Wildman–Crippen MR) is 87.9 cm³/mol. The zero-order valence-corrected chi connectivity index (χ0v) is 14.0. The predicted octanol–water partition coefficient (Wildman–Crippen LogP) is 3.73. The fourth-order valence-electron chi connectivity index (χ4n) is 3.30. The molecule has 0 aliphatic carbocycles. The summed E-state index contributed by atoms with van der Waals surface area (Å²) in [6, 6.07) is 6.05. The van der Waals surface area contributed by atoms with E-state index in [-0.39, 0.29) is 17.9 Å². The summed E-state index contributed by atoms with van der Waals surface area (Å²) in [6.07, 6.45) is 2.64. The maximum absolute atomic E-state index is 12.9. The van der Waals surface area contributed by atoms with Gasteiger partial charge in [-0.1, -0.05) is 24.2 Å². The van der Waals surface area contributed by atoms with E-state index in [1.165, 1.54) is 12.1 Å². The topological polar surface area (TPSA) is 58.4 Å². The number of aryl methyl sites for hydroxylation is 2. The summed E-state index contributed by atoms with van der Waals surface area (Å²) in [6.45, 7) is 5.04. The van der Waals surface area contributed by atoms with Crippen LogP contribution in [0.4, 0.5) is 9.18 Å². The smallest absolute Gasteiger partial charge is 0.318 e. The van der Waals surface area contributed by atoms with Gasteiger partial charge in [-0.25, -0.2) is 9.18 Å². The second-order valence-corrected chi connectivity index (χ2v) is 6.09. The van der Waals surface area contributed by atoms with E-state index in [0.717, 1.165) is 41.8 Å². The number of benzene rings is 1. The lowest BCUT2D eigenvalue weighted by atomic mass is 10.0. The lowest BCUT2D eigenvalue weighted by Crippen LogP contribution is -2.39. The van der Waals surface area contributed by atoms with E-state index in [0.29, 0.717) is 13.1 Å². The highest BCUT2D eigenvalue weighted by Gasteiger charge is 2.34. The van der Waals surface area contributed by atoms with Crippen LogP contribution in [0.15, 0.2) is 28.8 Å². The third kappa shape index (κ3) is 3.27. The van der Waals surface area contributed by atoms with E-state index in [4.69, 9.17) is 4.52 Å². The summed E-state index contributed by atoms with van der Waals surface area (Å²) in [7, 11) is 0. The molecule has 3 rings (SSSR count). The number of aromatic nitrogens is 1. The largest absolute Gasteiger partial charge is 0.361 e. The van der Waals surface area contributed by atoms with E-state index in [9.17, 15) is 9.18 Å². The highest BCUT2D eigenvalue weighted by molar-refractivity contribution is 5.75. The number of nitrogens with zero attached hydrogens (tertiary/aromatic N) is 2. The number of nitrogens with one attached hydrogen (secondary N) is 1. The van der Waals surface area contributed by atoms with Crippen LogP contribution in [0.1, 0.15) is 48.4 Å². The molecule has 0 bridgehead atoms. The minimum atomic E-state index is -0.278. The molecular weight excluding hydrogens is 309 g/mol. The number of carbonyl (C=O) groups excluding carboxylic acids is 1. The fraction of sp³-hybridized carbons (Fsp3) is 0.444. The summed E-state index contributed by atoms with van der Waals surface area (Å²) >= 11 is 0. The summed E-state index contributed by atoms with van der Waals surface area (Å²) < 4.78 is 18.3. The van der Waals surface area contributed by atoms with E-state index >= 15 is 0 Å². The van der Waals surface area contributed by atoms with Crippen molar-refractivity contribution < 1.29 is 13.7 Å². The Morgan fingerprint density at radius 1 is 1.42 bits per heavy atom. The highest BCUT2D eigenvalue weighted by Crippen LogP contribution is 2.35. The van der Waals surface area contributed by atoms with Gasteiger partial charge in [-0.3, -0.25) is 0 Å². The van der Waals surface area contributed by atoms with Crippen molar-refractivity contribution in [3.8, 4) is 0 Å². The molecule has 1 aliphatic rings. The number of halogens is 1. The van der Waals surface area contributed by atoms with Crippen LogP contribution in [0, 0.1) is 12.7 Å². The molecule has 2 heterocycles. The van der Waals surface area contributed by atoms with Gasteiger partial charge in [-0.2, -0.15) is 0 Å². The average molecular weight is 331 g/mol. The number of amides is 2. The Morgan fingerprint density at radius 3 is 2.88 bits per heavy atom. The van der Waals surface area contributed by atoms with Crippen LogP contribution in [-0.2, 0) is 13.0 Å². The quantitative estimate of drug-likeness (QED) is 0.928. The van der Waals surface area contributed by atoms with Crippen molar-refractivity contribution >= 4 is 6.03 Å². The molecule has 2 amide bonds. The number of hydrogen-bond donors (Lipinski definition) is 1. The maximum Gasteiger partial charge on any atom is 0.318 e. The lowest BCUT2D eigenvalue weighted by molar-refractivity contribution is 0.192. The van der Waals surface area contributed by atoms with Crippen LogP contribution < -0.4 is 5.32 Å². The lowest BCUT2D eigenvalue weighted by Gasteiger charge is -2.25. The highest BCUT2D eigenvalue weighted by atomic mass is 19.1. The Hall–Kier alpha value is -2.37. The van der Waals surface area contributed by atoms with E-state index in [1.807, 2.05) is 18.7 Å². The third-order valence-electron chi connectivity index (χ3n) is 4.51. The van der Waals surface area contributed by atoms with Crippen molar-refractivity contribution in [3.05, 3.63) is 52.7 Å². The molecule has 1 fully saturated rings. The monoisotopic (exact) mass is 331 g/mol. The van der Waals surface area contributed by atoms with Gasteiger partial charge in [0.25, 0.3) is 0 Å². The van der Waals surface area contributed by atoms with Gasteiger partial charge in [0.2, 0.25) is 0 Å². The number of hydrogen-bond acceptors (Lipinski definition) is 3. The molecule has 1 N–H and O–H groups in total. The average Bonchev–Trinajstić information content (AvgIpc) is 3.19. The zero-order chi connectivity index (χ0) is 17.1. The van der Waals surface area contributed by atoms with Crippen molar-refractivity contribution in [1.82, 2.24) is 15.4 Å². The van der Waals surface area contributed by atoms with E-state index < -0.39 is 0 Å². The first-order valence-electron chi connectivity index (χ1n) is 8.34. The second kappa shape index (κ2) is 7.03. The molecule has 6 heteroatoms. The summed E-state index contributed by atoms with van der Waals surface area (Å²) in [5.74, 6) is 0.579. The molecule has 0 saturated carbocycles. The van der Waals surface area contributed by atoms with Crippen molar-refractivity contribution in [2.24, 2.45) is 0 Å². The second-order valence-electron chi connectivity index (χ2n) is 6.09. The van der Waals surface area contributed by atoms with Crippen molar-refractivity contribution in [2.75, 3.05) is 6.54 Å². The first-order valence-corrected chi connectivity index (χ1v) is 8.34. The third-order valence-corrected chi connectivity index (χ3v) is 4.51. The molecule has 2 aromatic rings. The first-order chi connectivity index (χ1) is 11.6. The molecular formula is C18H22FN3O2. The first kappa shape index (κ1) is 16.5. The van der Waals surface area contributed by atoms with Crippen LogP contribution in [0.25, 0.3) is 0 Å². The van der Waals surface area contributed by atoms with Gasteiger partial charge in [0.15, 0.2) is 0 Å². The molecule has 0 spiro atoms. The van der Waals surface area contributed by atoms with Crippen LogP contribution in [0.5, 0.6) is 0 Å². The summed E-state index contributed by atoms with van der Waals surface area (Å²) in [5.41, 5.74) is 2.78. The molecule has 1 atom stereocenters. The molecule has 5 nitrogen and oxygen atoms in total. The molecule has 0 unspecified atom stereocenters. The Morgan fingerprint density at radius 2 is 2.17 bits per heavy atom. The standard InChI is InChI=1S/C18H22FN3O2/c1-3-16-17(12(2)21-24-16)15-5-4-10-22(15)18(23)20-11-13-6-8-14(19)9-7-13/h6-9,15H,3-5,10-11H2,1-2H3,(H,20,23)/t15-/m0/s1. The SMILES string of the molecule is CCc1onc(C)c1[C@@H]1CCCN1C(=O)NCc1ccc(F)cc1. The Kier molecular flexibility index (Phi) is 4.83. The number of carbonyl (C=O) groups is 1. The van der Waals surface area contributed by atoms with Gasteiger partial charge < -0.3 is 14.7 Å². The Balaban J connectivity index is 1.69. The minimum absolute atomic E-state index is 0.0133. The van der Waals surface area contributed by atoms with Crippen molar-refractivity contribution in [2.45, 2.75) is 45.7 Å². The molecule has 1 saturated heterocycles. The summed E-state index contributed by atoms with van der Waals surface area (Å²) in [4.78, 5) is 14.4.